The maximum absolute atomic E-state index is 12.6. The lowest BCUT2D eigenvalue weighted by atomic mass is 10.1. The molecule has 11 heteroatoms. The van der Waals surface area contributed by atoms with E-state index < -0.39 is 23.6 Å². The Labute approximate surface area is 180 Å². The quantitative estimate of drug-likeness (QED) is 0.534. The number of hydrogen-bond acceptors (Lipinski definition) is 6. The van der Waals surface area contributed by atoms with Crippen molar-refractivity contribution in [2.75, 3.05) is 6.54 Å². The minimum atomic E-state index is -4.82. The Balaban J connectivity index is 2.00. The van der Waals surface area contributed by atoms with Crippen LogP contribution in [-0.4, -0.2) is 44.5 Å². The molecule has 0 atom stereocenters. The van der Waals surface area contributed by atoms with Crippen molar-refractivity contribution < 1.29 is 27.8 Å². The Morgan fingerprint density at radius 1 is 1.09 bits per heavy atom. The molecule has 8 nitrogen and oxygen atoms in total. The van der Waals surface area contributed by atoms with Crippen molar-refractivity contribution in [3.63, 3.8) is 0 Å². The first-order valence-electron chi connectivity index (χ1n) is 9.35. The number of carbonyl (C=O) groups excluding carboxylic acids is 1. The van der Waals surface area contributed by atoms with E-state index >= 15 is 0 Å². The van der Waals surface area contributed by atoms with Crippen LogP contribution >= 0.6 is 0 Å². The van der Waals surface area contributed by atoms with Gasteiger partial charge < -0.3 is 20.1 Å². The summed E-state index contributed by atoms with van der Waals surface area (Å²) in [5.41, 5.74) is -0.441. The fourth-order valence-electron chi connectivity index (χ4n) is 2.60. The minimum absolute atomic E-state index is 0.0314. The molecule has 0 fully saturated rings. The summed E-state index contributed by atoms with van der Waals surface area (Å²) in [5, 5.41) is 12.4. The van der Waals surface area contributed by atoms with Gasteiger partial charge in [-0.15, -0.1) is 13.2 Å². The Kier molecular flexibility index (Phi) is 6.30. The van der Waals surface area contributed by atoms with Crippen LogP contribution in [0.1, 0.15) is 24.3 Å². The van der Waals surface area contributed by atoms with Crippen LogP contribution in [0.5, 0.6) is 5.75 Å². The summed E-state index contributed by atoms with van der Waals surface area (Å²) in [4.78, 5) is 35.0. The molecule has 1 amide bonds. The van der Waals surface area contributed by atoms with E-state index in [4.69, 9.17) is 0 Å². The molecule has 0 saturated heterocycles. The molecule has 0 unspecified atom stereocenters. The van der Waals surface area contributed by atoms with Gasteiger partial charge in [-0.05, 0) is 50.2 Å². The van der Waals surface area contributed by atoms with Crippen LogP contribution < -0.4 is 15.6 Å². The minimum Gasteiger partial charge on any atom is -0.406 e. The molecule has 0 spiro atoms. The number of ether oxygens (including phenoxy) is 1. The van der Waals surface area contributed by atoms with Crippen LogP contribution in [0.2, 0.25) is 0 Å². The molecule has 0 saturated carbocycles. The van der Waals surface area contributed by atoms with Crippen LogP contribution in [0.25, 0.3) is 22.6 Å². The molecular weight excluding hydrogens is 429 g/mol. The number of aliphatic hydroxyl groups is 1. The van der Waals surface area contributed by atoms with Gasteiger partial charge in [0.25, 0.3) is 5.91 Å². The van der Waals surface area contributed by atoms with Crippen molar-refractivity contribution in [2.24, 2.45) is 0 Å². The van der Waals surface area contributed by atoms with Crippen molar-refractivity contribution in [1.29, 1.82) is 0 Å². The second-order valence-corrected chi connectivity index (χ2v) is 7.47. The van der Waals surface area contributed by atoms with Crippen molar-refractivity contribution in [1.82, 2.24) is 20.3 Å². The summed E-state index contributed by atoms with van der Waals surface area (Å²) in [6.07, 6.45) is -3.44. The largest absolute Gasteiger partial charge is 0.573 e. The van der Waals surface area contributed by atoms with Gasteiger partial charge in [-0.3, -0.25) is 9.59 Å². The standard InChI is InChI=1S/C21H19F3N4O4/c1-20(2,31)11-26-19(30)16-9-15(12-3-6-14(7-4-12)32-21(22,23)24)27-18(28-16)13-5-8-17(29)25-10-13/h3-10,31H,11H2,1-2H3,(H,25,29)(H,26,30). The molecule has 2 heterocycles. The van der Waals surface area contributed by atoms with Gasteiger partial charge in [0.2, 0.25) is 5.56 Å². The van der Waals surface area contributed by atoms with Crippen molar-refractivity contribution >= 4 is 5.91 Å². The highest BCUT2D eigenvalue weighted by Crippen LogP contribution is 2.27. The van der Waals surface area contributed by atoms with Crippen molar-refractivity contribution in [2.45, 2.75) is 25.8 Å². The Bertz CT molecular complexity index is 1150. The third-order valence-electron chi connectivity index (χ3n) is 4.07. The smallest absolute Gasteiger partial charge is 0.406 e. The zero-order valence-electron chi connectivity index (χ0n) is 17.0. The first kappa shape index (κ1) is 22.9. The average molecular weight is 448 g/mol. The van der Waals surface area contributed by atoms with Gasteiger partial charge in [-0.25, -0.2) is 9.97 Å². The number of rotatable bonds is 6. The summed E-state index contributed by atoms with van der Waals surface area (Å²) in [6, 6.07) is 9.07. The number of hydrogen-bond donors (Lipinski definition) is 3. The number of aromatic amines is 1. The summed E-state index contributed by atoms with van der Waals surface area (Å²) in [6.45, 7) is 3.01. The molecule has 168 valence electrons. The zero-order chi connectivity index (χ0) is 23.5. The van der Waals surface area contributed by atoms with Gasteiger partial charge in [0.05, 0.1) is 11.3 Å². The molecule has 3 rings (SSSR count). The van der Waals surface area contributed by atoms with Crippen LogP contribution in [0.15, 0.2) is 53.5 Å². The third kappa shape index (κ3) is 6.38. The number of H-pyrrole nitrogens is 1. The highest BCUT2D eigenvalue weighted by Gasteiger charge is 2.31. The van der Waals surface area contributed by atoms with E-state index in [1.807, 2.05) is 0 Å². The normalized spacial score (nSPS) is 11.8. The molecular formula is C21H19F3N4O4. The highest BCUT2D eigenvalue weighted by molar-refractivity contribution is 5.93. The maximum atomic E-state index is 12.6. The lowest BCUT2D eigenvalue weighted by Crippen LogP contribution is -2.38. The SMILES string of the molecule is CC(C)(O)CNC(=O)c1cc(-c2ccc(OC(F)(F)F)cc2)nc(-c2ccc(=O)[nH]c2)n1. The van der Waals surface area contributed by atoms with E-state index in [1.165, 1.54) is 50.4 Å². The monoisotopic (exact) mass is 448 g/mol. The van der Waals surface area contributed by atoms with Crippen LogP contribution in [0.3, 0.4) is 0 Å². The number of amides is 1. The van der Waals surface area contributed by atoms with Crippen molar-refractivity contribution in [3.8, 4) is 28.4 Å². The fraction of sp³-hybridized carbons (Fsp3) is 0.238. The Morgan fingerprint density at radius 3 is 2.31 bits per heavy atom. The van der Waals surface area contributed by atoms with E-state index in [0.717, 1.165) is 12.1 Å². The molecule has 0 radical (unpaired) electrons. The van der Waals surface area contributed by atoms with E-state index in [0.29, 0.717) is 11.1 Å². The zero-order valence-corrected chi connectivity index (χ0v) is 17.0. The first-order chi connectivity index (χ1) is 14.9. The van der Waals surface area contributed by atoms with Gasteiger partial charge >= 0.3 is 6.36 Å². The second kappa shape index (κ2) is 8.79. The topological polar surface area (TPSA) is 117 Å². The van der Waals surface area contributed by atoms with Crippen LogP contribution in [0.4, 0.5) is 13.2 Å². The molecule has 2 aromatic heterocycles. The van der Waals surface area contributed by atoms with Gasteiger partial charge in [0.1, 0.15) is 11.4 Å². The van der Waals surface area contributed by atoms with E-state index in [-0.39, 0.29) is 29.3 Å². The van der Waals surface area contributed by atoms with Gasteiger partial charge in [0, 0.05) is 29.9 Å². The van der Waals surface area contributed by atoms with E-state index in [9.17, 15) is 27.9 Å². The van der Waals surface area contributed by atoms with Crippen LogP contribution in [0, 0.1) is 0 Å². The highest BCUT2D eigenvalue weighted by atomic mass is 19.4. The summed E-state index contributed by atoms with van der Waals surface area (Å²) in [5.74, 6) is -0.874. The molecule has 3 N–H and O–H groups in total. The molecule has 0 aliphatic heterocycles. The number of nitrogens with zero attached hydrogens (tertiary/aromatic N) is 2. The molecule has 0 aliphatic carbocycles. The average Bonchev–Trinajstić information content (AvgIpc) is 2.71. The van der Waals surface area contributed by atoms with E-state index in [1.54, 1.807) is 0 Å². The number of carbonyl (C=O) groups is 1. The summed E-state index contributed by atoms with van der Waals surface area (Å²) in [7, 11) is 0. The van der Waals surface area contributed by atoms with Gasteiger partial charge in [0.15, 0.2) is 5.82 Å². The predicted molar refractivity (Wildman–Crippen MR) is 109 cm³/mol. The molecule has 0 bridgehead atoms. The molecule has 1 aromatic carbocycles. The summed E-state index contributed by atoms with van der Waals surface area (Å²) < 4.78 is 41.1. The number of nitrogens with one attached hydrogen (secondary N) is 2. The number of benzene rings is 1. The first-order valence-corrected chi connectivity index (χ1v) is 9.35. The van der Waals surface area contributed by atoms with Crippen LogP contribution in [-0.2, 0) is 0 Å². The molecule has 32 heavy (non-hydrogen) atoms. The van der Waals surface area contributed by atoms with Gasteiger partial charge in [-0.2, -0.15) is 0 Å². The lowest BCUT2D eigenvalue weighted by Gasteiger charge is -2.17. The molecule has 3 aromatic rings. The number of aromatic nitrogens is 3. The molecule has 0 aliphatic rings. The summed E-state index contributed by atoms with van der Waals surface area (Å²) >= 11 is 0. The Hall–Kier alpha value is -3.73. The number of alkyl halides is 3. The van der Waals surface area contributed by atoms with Gasteiger partial charge in [-0.1, -0.05) is 0 Å². The number of pyridine rings is 1. The fourth-order valence-corrected chi connectivity index (χ4v) is 2.60. The third-order valence-corrected chi connectivity index (χ3v) is 4.07. The lowest BCUT2D eigenvalue weighted by molar-refractivity contribution is -0.274. The number of halogens is 3. The van der Waals surface area contributed by atoms with E-state index in [2.05, 4.69) is 25.0 Å². The maximum Gasteiger partial charge on any atom is 0.573 e. The Morgan fingerprint density at radius 2 is 1.75 bits per heavy atom. The second-order valence-electron chi connectivity index (χ2n) is 7.47. The van der Waals surface area contributed by atoms with Crippen molar-refractivity contribution in [3.05, 3.63) is 64.7 Å². The predicted octanol–water partition coefficient (Wildman–Crippen LogP) is 2.90.